The van der Waals surface area contributed by atoms with Crippen LogP contribution in [0.5, 0.6) is 11.5 Å². The molecular weight excluding hydrogens is 356 g/mol. The van der Waals surface area contributed by atoms with Crippen molar-refractivity contribution in [2.24, 2.45) is 0 Å². The van der Waals surface area contributed by atoms with E-state index in [-0.39, 0.29) is 24.5 Å². The van der Waals surface area contributed by atoms with Crippen molar-refractivity contribution in [2.45, 2.75) is 6.04 Å². The summed E-state index contributed by atoms with van der Waals surface area (Å²) in [5.41, 5.74) is 0.733. The Morgan fingerprint density at radius 2 is 2.12 bits per heavy atom. The van der Waals surface area contributed by atoms with E-state index >= 15 is 0 Å². The summed E-state index contributed by atoms with van der Waals surface area (Å²) in [5, 5.41) is 6.23. The second-order valence-corrected chi connectivity index (χ2v) is 5.71. The Balaban J connectivity index is 0.00000243. The lowest BCUT2D eigenvalue weighted by atomic mass is 10.2. The minimum Gasteiger partial charge on any atom is -0.497 e. The molecule has 1 aromatic carbocycles. The van der Waals surface area contributed by atoms with Gasteiger partial charge in [0.1, 0.15) is 18.1 Å². The number of anilines is 1. The van der Waals surface area contributed by atoms with Crippen LogP contribution in [0.1, 0.15) is 0 Å². The minimum absolute atomic E-state index is 0. The molecule has 140 valence electrons. The number of halogens is 1. The molecule has 0 radical (unpaired) electrons. The minimum atomic E-state index is -0.133. The predicted octanol–water partition coefficient (Wildman–Crippen LogP) is 2.40. The number of aromatic nitrogens is 1. The second-order valence-electron chi connectivity index (χ2n) is 5.71. The van der Waals surface area contributed by atoms with Gasteiger partial charge in [-0.05, 0) is 36.4 Å². The van der Waals surface area contributed by atoms with Crippen LogP contribution in [0.15, 0.2) is 48.8 Å². The maximum Gasteiger partial charge on any atom is 0.322 e. The van der Waals surface area contributed by atoms with E-state index in [0.717, 1.165) is 18.0 Å². The summed E-state index contributed by atoms with van der Waals surface area (Å²) in [5.74, 6) is 1.45. The first-order chi connectivity index (χ1) is 12.3. The Kier molecular flexibility index (Phi) is 7.50. The van der Waals surface area contributed by atoms with E-state index in [1.165, 1.54) is 0 Å². The Morgan fingerprint density at radius 1 is 1.31 bits per heavy atom. The molecule has 3 rings (SSSR count). The summed E-state index contributed by atoms with van der Waals surface area (Å²) in [4.78, 5) is 18.5. The largest absolute Gasteiger partial charge is 0.497 e. The molecule has 1 aliphatic rings. The van der Waals surface area contributed by atoms with Gasteiger partial charge in [0.05, 0.1) is 19.3 Å². The molecular formula is C18H23ClN4O3. The predicted molar refractivity (Wildman–Crippen MR) is 102 cm³/mol. The topological polar surface area (TPSA) is 75.7 Å². The van der Waals surface area contributed by atoms with Gasteiger partial charge in [-0.25, -0.2) is 4.79 Å². The summed E-state index contributed by atoms with van der Waals surface area (Å²) in [7, 11) is 1.61. The van der Waals surface area contributed by atoms with E-state index in [9.17, 15) is 4.79 Å². The molecule has 1 aromatic heterocycles. The van der Waals surface area contributed by atoms with Crippen molar-refractivity contribution in [3.63, 3.8) is 0 Å². The molecule has 0 unspecified atom stereocenters. The third-order valence-corrected chi connectivity index (χ3v) is 4.03. The number of carbonyl (C=O) groups is 1. The summed E-state index contributed by atoms with van der Waals surface area (Å²) in [6.45, 7) is 2.49. The highest BCUT2D eigenvalue weighted by Gasteiger charge is 2.27. The number of hydrogen-bond acceptors (Lipinski definition) is 5. The van der Waals surface area contributed by atoms with Crippen molar-refractivity contribution in [1.82, 2.24) is 15.2 Å². The molecule has 2 heterocycles. The molecule has 0 aliphatic carbocycles. The van der Waals surface area contributed by atoms with Gasteiger partial charge in [-0.2, -0.15) is 0 Å². The first-order valence-corrected chi connectivity index (χ1v) is 8.21. The molecule has 0 saturated carbocycles. The van der Waals surface area contributed by atoms with Crippen LogP contribution < -0.4 is 20.1 Å². The first-order valence-electron chi connectivity index (χ1n) is 8.21. The first kappa shape index (κ1) is 19.8. The van der Waals surface area contributed by atoms with E-state index in [1.807, 2.05) is 36.4 Å². The van der Waals surface area contributed by atoms with Gasteiger partial charge in [0.2, 0.25) is 0 Å². The van der Waals surface area contributed by atoms with Crippen molar-refractivity contribution in [3.05, 3.63) is 48.8 Å². The molecule has 1 saturated heterocycles. The Labute approximate surface area is 159 Å². The van der Waals surface area contributed by atoms with Gasteiger partial charge in [-0.3, -0.25) is 4.98 Å². The molecule has 1 atom stereocenters. The smallest absolute Gasteiger partial charge is 0.322 e. The average Bonchev–Trinajstić information content (AvgIpc) is 2.68. The molecule has 1 aliphatic heterocycles. The Hall–Kier alpha value is -2.51. The zero-order valence-electron chi connectivity index (χ0n) is 14.6. The Bertz CT molecular complexity index is 685. The quantitative estimate of drug-likeness (QED) is 0.835. The summed E-state index contributed by atoms with van der Waals surface area (Å²) >= 11 is 0. The highest BCUT2D eigenvalue weighted by molar-refractivity contribution is 5.89. The van der Waals surface area contributed by atoms with Crippen molar-refractivity contribution in [3.8, 4) is 11.5 Å². The van der Waals surface area contributed by atoms with Crippen LogP contribution in [0, 0.1) is 0 Å². The zero-order valence-corrected chi connectivity index (χ0v) is 15.4. The SMILES string of the molecule is COc1ccc(NC(=O)N2CCNC[C@H]2COc2cccnc2)cc1.Cl. The number of piperazine rings is 1. The number of urea groups is 1. The fraction of sp³-hybridized carbons (Fsp3) is 0.333. The van der Waals surface area contributed by atoms with Crippen LogP contribution in [0.3, 0.4) is 0 Å². The number of nitrogens with zero attached hydrogens (tertiary/aromatic N) is 2. The number of methoxy groups -OCH3 is 1. The Morgan fingerprint density at radius 3 is 2.81 bits per heavy atom. The van der Waals surface area contributed by atoms with Crippen molar-refractivity contribution in [1.29, 1.82) is 0 Å². The van der Waals surface area contributed by atoms with E-state index in [4.69, 9.17) is 9.47 Å². The zero-order chi connectivity index (χ0) is 17.5. The molecule has 0 spiro atoms. The van der Waals surface area contributed by atoms with Crippen molar-refractivity contribution >= 4 is 24.1 Å². The normalized spacial score (nSPS) is 16.3. The molecule has 1 fully saturated rings. The molecule has 8 heteroatoms. The van der Waals surface area contributed by atoms with Gasteiger partial charge in [-0.1, -0.05) is 0 Å². The fourth-order valence-electron chi connectivity index (χ4n) is 2.67. The number of pyridine rings is 1. The van der Waals surface area contributed by atoms with Crippen molar-refractivity contribution < 1.29 is 14.3 Å². The maximum absolute atomic E-state index is 12.6. The van der Waals surface area contributed by atoms with Gasteiger partial charge >= 0.3 is 6.03 Å². The highest BCUT2D eigenvalue weighted by atomic mass is 35.5. The third-order valence-electron chi connectivity index (χ3n) is 4.03. The number of rotatable bonds is 5. The third kappa shape index (κ3) is 5.24. The number of benzene rings is 1. The van der Waals surface area contributed by atoms with E-state index < -0.39 is 0 Å². The molecule has 2 aromatic rings. The molecule has 2 N–H and O–H groups in total. The van der Waals surface area contributed by atoms with Gasteiger partial charge in [-0.15, -0.1) is 12.4 Å². The number of nitrogens with one attached hydrogen (secondary N) is 2. The lowest BCUT2D eigenvalue weighted by Crippen LogP contribution is -2.57. The summed E-state index contributed by atoms with van der Waals surface area (Å²) in [6, 6.07) is 10.8. The number of ether oxygens (including phenoxy) is 2. The maximum atomic E-state index is 12.6. The van der Waals surface area contributed by atoms with Gasteiger partial charge in [0.15, 0.2) is 0 Å². The monoisotopic (exact) mass is 378 g/mol. The van der Waals surface area contributed by atoms with Gasteiger partial charge in [0, 0.05) is 31.5 Å². The van der Waals surface area contributed by atoms with Crippen LogP contribution in [-0.4, -0.2) is 55.3 Å². The number of carbonyl (C=O) groups excluding carboxylic acids is 1. The molecule has 26 heavy (non-hydrogen) atoms. The molecule has 7 nitrogen and oxygen atoms in total. The van der Waals surface area contributed by atoms with E-state index in [1.54, 1.807) is 24.4 Å². The second kappa shape index (κ2) is 9.84. The van der Waals surface area contributed by atoms with Crippen LogP contribution >= 0.6 is 12.4 Å². The summed E-state index contributed by atoms with van der Waals surface area (Å²) in [6.07, 6.45) is 3.36. The average molecular weight is 379 g/mol. The van der Waals surface area contributed by atoms with E-state index in [0.29, 0.717) is 25.4 Å². The van der Waals surface area contributed by atoms with Gasteiger partial charge in [0.25, 0.3) is 0 Å². The van der Waals surface area contributed by atoms with Crippen LogP contribution in [0.4, 0.5) is 10.5 Å². The number of amides is 2. The lowest BCUT2D eigenvalue weighted by molar-refractivity contribution is 0.133. The highest BCUT2D eigenvalue weighted by Crippen LogP contribution is 2.17. The van der Waals surface area contributed by atoms with Gasteiger partial charge < -0.3 is 25.0 Å². The van der Waals surface area contributed by atoms with Crippen molar-refractivity contribution in [2.75, 3.05) is 38.7 Å². The molecule has 0 bridgehead atoms. The lowest BCUT2D eigenvalue weighted by Gasteiger charge is -2.35. The fourth-order valence-corrected chi connectivity index (χ4v) is 2.67. The molecule has 2 amide bonds. The summed E-state index contributed by atoms with van der Waals surface area (Å²) < 4.78 is 10.9. The van der Waals surface area contributed by atoms with Crippen LogP contribution in [0.2, 0.25) is 0 Å². The number of hydrogen-bond donors (Lipinski definition) is 2. The van der Waals surface area contributed by atoms with Crippen LogP contribution in [-0.2, 0) is 0 Å². The standard InChI is InChI=1S/C18H22N4O3.ClH/c1-24-16-6-4-14(5-7-16)21-18(23)22-10-9-20-11-15(22)13-25-17-3-2-8-19-12-17;/h2-8,12,15,20H,9-11,13H2,1H3,(H,21,23);1H/t15-;/m0./s1. The van der Waals surface area contributed by atoms with E-state index in [2.05, 4.69) is 15.6 Å². The van der Waals surface area contributed by atoms with Crippen LogP contribution in [0.25, 0.3) is 0 Å².